The second-order valence-electron chi connectivity index (χ2n) is 3.15. The lowest BCUT2D eigenvalue weighted by Crippen LogP contribution is -2.33. The number of hydrogen-bond acceptors (Lipinski definition) is 2. The smallest absolute Gasteiger partial charge is 0.323 e. The molecule has 0 saturated heterocycles. The summed E-state index contributed by atoms with van der Waals surface area (Å²) < 4.78 is 26.3. The van der Waals surface area contributed by atoms with E-state index in [1.807, 2.05) is 0 Å². The van der Waals surface area contributed by atoms with Crippen molar-refractivity contribution in [2.75, 3.05) is 13.6 Å². The summed E-state index contributed by atoms with van der Waals surface area (Å²) in [6, 6.07) is 2.99. The van der Waals surface area contributed by atoms with Crippen LogP contribution in [0.3, 0.4) is 0 Å². The lowest BCUT2D eigenvalue weighted by molar-refractivity contribution is -0.137. The van der Waals surface area contributed by atoms with Crippen molar-refractivity contribution in [1.29, 1.82) is 0 Å². The van der Waals surface area contributed by atoms with Crippen LogP contribution in [-0.2, 0) is 4.79 Å². The van der Waals surface area contributed by atoms with Gasteiger partial charge < -0.3 is 10.0 Å². The average molecular weight is 229 g/mol. The van der Waals surface area contributed by atoms with Crippen molar-refractivity contribution in [3.8, 4) is 0 Å². The summed E-state index contributed by atoms with van der Waals surface area (Å²) in [6.45, 7) is -0.618. The predicted octanol–water partition coefficient (Wildman–Crippen LogP) is 1.12. The normalized spacial score (nSPS) is 9.94. The number of benzene rings is 1. The second kappa shape index (κ2) is 4.69. The molecule has 0 aliphatic rings. The summed E-state index contributed by atoms with van der Waals surface area (Å²) in [7, 11) is 1.16. The van der Waals surface area contributed by atoms with Crippen LogP contribution >= 0.6 is 0 Å². The average Bonchev–Trinajstić information content (AvgIpc) is 2.16. The fourth-order valence-corrected chi connectivity index (χ4v) is 1.17. The highest BCUT2D eigenvalue weighted by Crippen LogP contribution is 2.13. The number of carboxylic acid groups (broad SMARTS) is 1. The number of hydrogen-bond donors (Lipinski definition) is 1. The molecule has 1 rings (SSSR count). The van der Waals surface area contributed by atoms with E-state index < -0.39 is 35.6 Å². The molecular weight excluding hydrogens is 220 g/mol. The van der Waals surface area contributed by atoms with Gasteiger partial charge in [-0.25, -0.2) is 8.78 Å². The van der Waals surface area contributed by atoms with Gasteiger partial charge in [-0.1, -0.05) is 6.07 Å². The molecule has 1 aromatic rings. The molecule has 16 heavy (non-hydrogen) atoms. The van der Waals surface area contributed by atoms with Crippen LogP contribution in [-0.4, -0.2) is 35.5 Å². The van der Waals surface area contributed by atoms with Crippen LogP contribution in [0.2, 0.25) is 0 Å². The fourth-order valence-electron chi connectivity index (χ4n) is 1.17. The topological polar surface area (TPSA) is 57.6 Å². The first kappa shape index (κ1) is 12.1. The maximum atomic E-state index is 13.2. The van der Waals surface area contributed by atoms with Crippen LogP contribution in [0, 0.1) is 11.6 Å². The molecule has 0 aromatic heterocycles. The molecule has 0 fully saturated rings. The molecule has 0 unspecified atom stereocenters. The van der Waals surface area contributed by atoms with Gasteiger partial charge in [0.2, 0.25) is 0 Å². The monoisotopic (exact) mass is 229 g/mol. The van der Waals surface area contributed by atoms with Crippen LogP contribution in [0.5, 0.6) is 0 Å². The highest BCUT2D eigenvalue weighted by molar-refractivity contribution is 5.96. The number of aliphatic carboxylic acids is 1. The molecule has 6 heteroatoms. The Morgan fingerprint density at radius 3 is 2.25 bits per heavy atom. The summed E-state index contributed by atoms with van der Waals surface area (Å²) in [4.78, 5) is 22.6. The van der Waals surface area contributed by atoms with Crippen LogP contribution in [0.1, 0.15) is 10.4 Å². The van der Waals surface area contributed by atoms with E-state index in [1.165, 1.54) is 0 Å². The van der Waals surface area contributed by atoms with Gasteiger partial charge in [-0.3, -0.25) is 9.59 Å². The van der Waals surface area contributed by atoms with Crippen molar-refractivity contribution in [2.45, 2.75) is 0 Å². The molecule has 1 amide bonds. The number of rotatable bonds is 3. The Balaban J connectivity index is 3.00. The van der Waals surface area contributed by atoms with Gasteiger partial charge in [-0.15, -0.1) is 0 Å². The Morgan fingerprint density at radius 1 is 1.31 bits per heavy atom. The zero-order valence-corrected chi connectivity index (χ0v) is 8.41. The van der Waals surface area contributed by atoms with E-state index in [1.54, 1.807) is 0 Å². The Morgan fingerprint density at radius 2 is 1.81 bits per heavy atom. The van der Waals surface area contributed by atoms with Gasteiger partial charge in [0.15, 0.2) is 0 Å². The first-order chi connectivity index (χ1) is 7.43. The number of likely N-dealkylation sites (N-methyl/N-ethyl adjacent to an activating group) is 1. The molecule has 0 radical (unpaired) electrons. The highest BCUT2D eigenvalue weighted by Gasteiger charge is 2.21. The van der Waals surface area contributed by atoms with Gasteiger partial charge in [-0.2, -0.15) is 0 Å². The van der Waals surface area contributed by atoms with Crippen molar-refractivity contribution in [3.63, 3.8) is 0 Å². The Kier molecular flexibility index (Phi) is 3.55. The molecule has 0 aliphatic carbocycles. The van der Waals surface area contributed by atoms with E-state index in [-0.39, 0.29) is 0 Å². The molecule has 1 N–H and O–H groups in total. The van der Waals surface area contributed by atoms with Gasteiger partial charge in [-0.05, 0) is 12.1 Å². The SMILES string of the molecule is CN(CC(=O)O)C(=O)c1c(F)cccc1F. The number of nitrogens with zero attached hydrogens (tertiary/aromatic N) is 1. The number of carbonyl (C=O) groups is 2. The zero-order valence-electron chi connectivity index (χ0n) is 8.41. The molecule has 0 saturated carbocycles. The second-order valence-corrected chi connectivity index (χ2v) is 3.15. The lowest BCUT2D eigenvalue weighted by atomic mass is 10.1. The van der Waals surface area contributed by atoms with E-state index in [0.29, 0.717) is 0 Å². The Bertz CT molecular complexity index is 414. The van der Waals surface area contributed by atoms with E-state index in [4.69, 9.17) is 5.11 Å². The number of halogens is 2. The van der Waals surface area contributed by atoms with Gasteiger partial charge in [0.25, 0.3) is 5.91 Å². The summed E-state index contributed by atoms with van der Waals surface area (Å²) in [5, 5.41) is 8.44. The number of carboxylic acids is 1. The van der Waals surface area contributed by atoms with Crippen molar-refractivity contribution in [3.05, 3.63) is 35.4 Å². The maximum absolute atomic E-state index is 13.2. The van der Waals surface area contributed by atoms with Gasteiger partial charge in [0.1, 0.15) is 23.7 Å². The zero-order chi connectivity index (χ0) is 12.3. The van der Waals surface area contributed by atoms with Gasteiger partial charge in [0, 0.05) is 7.05 Å². The first-order valence-electron chi connectivity index (χ1n) is 4.34. The summed E-state index contributed by atoms with van der Waals surface area (Å²) in [5.74, 6) is -4.28. The van der Waals surface area contributed by atoms with E-state index >= 15 is 0 Å². The minimum absolute atomic E-state index is 0.618. The van der Waals surface area contributed by atoms with E-state index in [9.17, 15) is 18.4 Å². The molecule has 86 valence electrons. The molecule has 4 nitrogen and oxygen atoms in total. The van der Waals surface area contributed by atoms with Gasteiger partial charge >= 0.3 is 5.97 Å². The molecule has 0 bridgehead atoms. The Hall–Kier alpha value is -1.98. The summed E-state index contributed by atoms with van der Waals surface area (Å²) in [6.07, 6.45) is 0. The third-order valence-corrected chi connectivity index (χ3v) is 1.90. The quantitative estimate of drug-likeness (QED) is 0.844. The van der Waals surface area contributed by atoms with E-state index in [2.05, 4.69) is 0 Å². The maximum Gasteiger partial charge on any atom is 0.323 e. The van der Waals surface area contributed by atoms with Crippen LogP contribution in [0.25, 0.3) is 0 Å². The number of amides is 1. The van der Waals surface area contributed by atoms with E-state index in [0.717, 1.165) is 30.1 Å². The van der Waals surface area contributed by atoms with Crippen LogP contribution in [0.15, 0.2) is 18.2 Å². The minimum atomic E-state index is -1.26. The molecule has 1 aromatic carbocycles. The largest absolute Gasteiger partial charge is 0.480 e. The minimum Gasteiger partial charge on any atom is -0.480 e. The first-order valence-corrected chi connectivity index (χ1v) is 4.34. The standard InChI is InChI=1S/C10H9F2NO3/c1-13(5-8(14)15)10(16)9-6(11)3-2-4-7(9)12/h2-4H,5H2,1H3,(H,14,15). The summed E-state index contributed by atoms with van der Waals surface area (Å²) >= 11 is 0. The molecule has 0 heterocycles. The molecule has 0 atom stereocenters. The molecule has 0 spiro atoms. The van der Waals surface area contributed by atoms with Crippen molar-refractivity contribution < 1.29 is 23.5 Å². The molecular formula is C10H9F2NO3. The van der Waals surface area contributed by atoms with Crippen molar-refractivity contribution in [1.82, 2.24) is 4.90 Å². The fraction of sp³-hybridized carbons (Fsp3) is 0.200. The Labute approximate surface area is 90.1 Å². The highest BCUT2D eigenvalue weighted by atomic mass is 19.1. The third kappa shape index (κ3) is 2.53. The van der Waals surface area contributed by atoms with Crippen molar-refractivity contribution >= 4 is 11.9 Å². The lowest BCUT2D eigenvalue weighted by Gasteiger charge is -2.15. The van der Waals surface area contributed by atoms with Crippen molar-refractivity contribution in [2.24, 2.45) is 0 Å². The molecule has 0 aliphatic heterocycles. The third-order valence-electron chi connectivity index (χ3n) is 1.90. The van der Waals surface area contributed by atoms with Crippen LogP contribution < -0.4 is 0 Å². The van der Waals surface area contributed by atoms with Gasteiger partial charge in [0.05, 0.1) is 0 Å². The van der Waals surface area contributed by atoms with Crippen LogP contribution in [0.4, 0.5) is 8.78 Å². The number of carbonyl (C=O) groups excluding carboxylic acids is 1. The predicted molar refractivity (Wildman–Crippen MR) is 51.0 cm³/mol. The summed E-state index contributed by atoms with van der Waals surface area (Å²) in [5.41, 5.74) is -0.744.